The van der Waals surface area contributed by atoms with Crippen molar-refractivity contribution in [3.63, 3.8) is 0 Å². The van der Waals surface area contributed by atoms with Gasteiger partial charge >= 0.3 is 5.97 Å². The fourth-order valence-corrected chi connectivity index (χ4v) is 2.01. The summed E-state index contributed by atoms with van der Waals surface area (Å²) in [7, 11) is 0. The van der Waals surface area contributed by atoms with Crippen molar-refractivity contribution in [1.29, 1.82) is 0 Å². The Bertz CT molecular complexity index is 702. The van der Waals surface area contributed by atoms with Gasteiger partial charge in [0.25, 0.3) is 5.91 Å². The Morgan fingerprint density at radius 1 is 1.14 bits per heavy atom. The lowest BCUT2D eigenvalue weighted by atomic mass is 10.2. The number of esters is 1. The van der Waals surface area contributed by atoms with Gasteiger partial charge < -0.3 is 10.1 Å². The number of carbonyl (C=O) groups excluding carboxylic acids is 2. The van der Waals surface area contributed by atoms with Crippen LogP contribution in [0.15, 0.2) is 36.4 Å². The molecule has 1 aromatic carbocycles. The smallest absolute Gasteiger partial charge is 0.338 e. The molecule has 0 fully saturated rings. The molecule has 0 radical (unpaired) electrons. The van der Waals surface area contributed by atoms with Crippen LogP contribution < -0.4 is 5.32 Å². The van der Waals surface area contributed by atoms with Gasteiger partial charge in [-0.3, -0.25) is 4.79 Å². The number of amides is 1. The number of hydrogen-bond donors (Lipinski definition) is 1. The van der Waals surface area contributed by atoms with Crippen molar-refractivity contribution >= 4 is 40.8 Å². The Hall–Kier alpha value is -2.11. The van der Waals surface area contributed by atoms with E-state index in [4.69, 9.17) is 27.9 Å². The van der Waals surface area contributed by atoms with Gasteiger partial charge in [-0.2, -0.15) is 0 Å². The summed E-state index contributed by atoms with van der Waals surface area (Å²) < 4.78 is 4.88. The third-order valence-electron chi connectivity index (χ3n) is 2.68. The van der Waals surface area contributed by atoms with Gasteiger partial charge in [-0.25, -0.2) is 9.78 Å². The van der Waals surface area contributed by atoms with E-state index >= 15 is 0 Å². The fraction of sp³-hybridized carbons (Fsp3) is 0.133. The molecule has 0 bridgehead atoms. The van der Waals surface area contributed by atoms with Crippen molar-refractivity contribution in [3.05, 3.63) is 57.8 Å². The number of pyridine rings is 1. The molecule has 1 heterocycles. The normalized spacial score (nSPS) is 10.1. The monoisotopic (exact) mass is 338 g/mol. The Morgan fingerprint density at radius 3 is 2.45 bits per heavy atom. The molecular formula is C15H12Cl2N2O3. The number of nitrogens with one attached hydrogen (secondary N) is 1. The maximum atomic E-state index is 12.1. The van der Waals surface area contributed by atoms with Crippen LogP contribution in [0.4, 0.5) is 5.69 Å². The van der Waals surface area contributed by atoms with Crippen molar-refractivity contribution in [2.24, 2.45) is 0 Å². The first-order valence-electron chi connectivity index (χ1n) is 6.42. The van der Waals surface area contributed by atoms with E-state index in [1.807, 2.05) is 0 Å². The molecule has 2 aromatic rings. The highest BCUT2D eigenvalue weighted by Crippen LogP contribution is 2.19. The topological polar surface area (TPSA) is 68.3 Å². The van der Waals surface area contributed by atoms with Gasteiger partial charge in [0.15, 0.2) is 0 Å². The van der Waals surface area contributed by atoms with E-state index in [1.165, 1.54) is 12.1 Å². The second kappa shape index (κ2) is 7.24. The van der Waals surface area contributed by atoms with Gasteiger partial charge in [-0.05, 0) is 43.3 Å². The molecule has 0 spiro atoms. The Labute approximate surface area is 137 Å². The lowest BCUT2D eigenvalue weighted by Crippen LogP contribution is -2.14. The van der Waals surface area contributed by atoms with Crippen LogP contribution in [0.3, 0.4) is 0 Å². The molecule has 2 rings (SSSR count). The minimum atomic E-state index is -0.489. The number of ether oxygens (including phenoxy) is 1. The zero-order valence-corrected chi connectivity index (χ0v) is 13.1. The summed E-state index contributed by atoms with van der Waals surface area (Å²) in [6.45, 7) is 2.03. The van der Waals surface area contributed by atoms with Crippen LogP contribution in [-0.2, 0) is 4.74 Å². The number of rotatable bonds is 4. The number of halogens is 2. The number of nitrogens with zero attached hydrogens (tertiary/aromatic N) is 1. The predicted molar refractivity (Wildman–Crippen MR) is 84.6 cm³/mol. The van der Waals surface area contributed by atoms with Crippen LogP contribution in [0.1, 0.15) is 27.8 Å². The van der Waals surface area contributed by atoms with Gasteiger partial charge in [0.1, 0.15) is 10.8 Å². The van der Waals surface area contributed by atoms with Crippen molar-refractivity contribution in [3.8, 4) is 0 Å². The molecule has 0 atom stereocenters. The van der Waals surface area contributed by atoms with Gasteiger partial charge in [0, 0.05) is 5.69 Å². The van der Waals surface area contributed by atoms with E-state index < -0.39 is 11.9 Å². The van der Waals surface area contributed by atoms with Crippen molar-refractivity contribution in [2.45, 2.75) is 6.92 Å². The van der Waals surface area contributed by atoms with E-state index in [0.717, 1.165) is 0 Å². The molecule has 114 valence electrons. The molecule has 0 unspecified atom stereocenters. The third-order valence-corrected chi connectivity index (χ3v) is 3.20. The molecular weight excluding hydrogens is 327 g/mol. The number of benzene rings is 1. The maximum absolute atomic E-state index is 12.1. The summed E-state index contributed by atoms with van der Waals surface area (Å²) in [5.74, 6) is -0.906. The predicted octanol–water partition coefficient (Wildman–Crippen LogP) is 3.82. The van der Waals surface area contributed by atoms with Gasteiger partial charge in [-0.1, -0.05) is 23.2 Å². The Kier molecular flexibility index (Phi) is 5.35. The minimum absolute atomic E-state index is 0.0311. The van der Waals surface area contributed by atoms with Crippen molar-refractivity contribution in [2.75, 3.05) is 11.9 Å². The minimum Gasteiger partial charge on any atom is -0.462 e. The van der Waals surface area contributed by atoms with Crippen LogP contribution in [0.25, 0.3) is 0 Å². The molecule has 0 saturated heterocycles. The molecule has 22 heavy (non-hydrogen) atoms. The molecule has 0 aliphatic rings. The van der Waals surface area contributed by atoms with E-state index in [9.17, 15) is 9.59 Å². The van der Waals surface area contributed by atoms with Crippen LogP contribution >= 0.6 is 23.2 Å². The highest BCUT2D eigenvalue weighted by atomic mass is 35.5. The standard InChI is InChI=1S/C15H12Cl2N2O3/c1-2-22-15(21)9-3-5-10(6-4-9)18-14(20)13-11(16)7-8-12(17)19-13/h3-8H,2H2,1H3,(H,18,20). The highest BCUT2D eigenvalue weighted by Gasteiger charge is 2.13. The molecule has 1 amide bonds. The molecule has 1 aromatic heterocycles. The summed E-state index contributed by atoms with van der Waals surface area (Å²) in [5.41, 5.74) is 0.929. The first-order chi connectivity index (χ1) is 10.5. The van der Waals surface area contributed by atoms with E-state index in [1.54, 1.807) is 31.2 Å². The van der Waals surface area contributed by atoms with Crippen LogP contribution in [0.5, 0.6) is 0 Å². The number of anilines is 1. The van der Waals surface area contributed by atoms with Crippen LogP contribution in [-0.4, -0.2) is 23.5 Å². The van der Waals surface area contributed by atoms with Gasteiger partial charge in [0.2, 0.25) is 0 Å². The second-order valence-corrected chi connectivity index (χ2v) is 5.01. The first-order valence-corrected chi connectivity index (χ1v) is 7.17. The SMILES string of the molecule is CCOC(=O)c1ccc(NC(=O)c2nc(Cl)ccc2Cl)cc1. The zero-order valence-electron chi connectivity index (χ0n) is 11.6. The molecule has 0 aliphatic heterocycles. The lowest BCUT2D eigenvalue weighted by molar-refractivity contribution is 0.0526. The molecule has 5 nitrogen and oxygen atoms in total. The summed E-state index contributed by atoms with van der Waals surface area (Å²) in [6, 6.07) is 9.27. The Balaban J connectivity index is 2.12. The average Bonchev–Trinajstić information content (AvgIpc) is 2.50. The highest BCUT2D eigenvalue weighted by molar-refractivity contribution is 6.35. The number of hydrogen-bond acceptors (Lipinski definition) is 4. The zero-order chi connectivity index (χ0) is 16.1. The number of carbonyl (C=O) groups is 2. The third kappa shape index (κ3) is 3.96. The van der Waals surface area contributed by atoms with Gasteiger partial charge in [-0.15, -0.1) is 0 Å². The van der Waals surface area contributed by atoms with E-state index in [-0.39, 0.29) is 15.9 Å². The van der Waals surface area contributed by atoms with E-state index in [2.05, 4.69) is 10.3 Å². The summed E-state index contributed by atoms with van der Waals surface area (Å²) in [6.07, 6.45) is 0. The quantitative estimate of drug-likeness (QED) is 0.679. The van der Waals surface area contributed by atoms with E-state index in [0.29, 0.717) is 17.9 Å². The number of aromatic nitrogens is 1. The van der Waals surface area contributed by atoms with Crippen molar-refractivity contribution < 1.29 is 14.3 Å². The average molecular weight is 339 g/mol. The molecule has 1 N–H and O–H groups in total. The van der Waals surface area contributed by atoms with Crippen molar-refractivity contribution in [1.82, 2.24) is 4.98 Å². The second-order valence-electron chi connectivity index (χ2n) is 4.22. The maximum Gasteiger partial charge on any atom is 0.338 e. The van der Waals surface area contributed by atoms with Crippen LogP contribution in [0, 0.1) is 0 Å². The summed E-state index contributed by atoms with van der Waals surface area (Å²) in [4.78, 5) is 27.5. The summed E-state index contributed by atoms with van der Waals surface area (Å²) in [5, 5.41) is 3.00. The molecule has 0 aliphatic carbocycles. The molecule has 0 saturated carbocycles. The van der Waals surface area contributed by atoms with Gasteiger partial charge in [0.05, 0.1) is 17.2 Å². The fourth-order valence-electron chi connectivity index (χ4n) is 1.67. The lowest BCUT2D eigenvalue weighted by Gasteiger charge is -2.07. The summed E-state index contributed by atoms with van der Waals surface area (Å²) >= 11 is 11.7. The Morgan fingerprint density at radius 2 is 1.82 bits per heavy atom. The largest absolute Gasteiger partial charge is 0.462 e. The molecule has 7 heteroatoms. The van der Waals surface area contributed by atoms with Crippen LogP contribution in [0.2, 0.25) is 10.2 Å². The first kappa shape index (κ1) is 16.3.